The van der Waals surface area contributed by atoms with Crippen LogP contribution in [0.2, 0.25) is 0 Å². The molecule has 0 aliphatic heterocycles. The average Bonchev–Trinajstić information content (AvgIpc) is 2.66. The Labute approximate surface area is 158 Å². The second-order valence-corrected chi connectivity index (χ2v) is 6.41. The van der Waals surface area contributed by atoms with Gasteiger partial charge in [0.05, 0.1) is 5.69 Å². The molecule has 1 atom stereocenters. The molecule has 1 unspecified atom stereocenters. The fourth-order valence-corrected chi connectivity index (χ4v) is 2.71. The van der Waals surface area contributed by atoms with Crippen molar-refractivity contribution in [3.63, 3.8) is 0 Å². The van der Waals surface area contributed by atoms with E-state index in [0.717, 1.165) is 6.07 Å². The lowest BCUT2D eigenvalue weighted by atomic mass is 9.95. The number of aliphatic imine (C=N–C) groups is 1. The number of hydrogen-bond donors (Lipinski definition) is 1. The Hall–Kier alpha value is -2.87. The Morgan fingerprint density at radius 2 is 1.82 bits per heavy atom. The molecule has 0 fully saturated rings. The summed E-state index contributed by atoms with van der Waals surface area (Å²) in [6.07, 6.45) is -3.76. The third-order valence-electron chi connectivity index (χ3n) is 4.34. The predicted molar refractivity (Wildman–Crippen MR) is 98.2 cm³/mol. The molecule has 0 radical (unpaired) electrons. The van der Waals surface area contributed by atoms with Crippen molar-refractivity contribution in [2.45, 2.75) is 31.5 Å². The lowest BCUT2D eigenvalue weighted by molar-refractivity contribution is -0.230. The van der Waals surface area contributed by atoms with Crippen molar-refractivity contribution in [3.05, 3.63) is 65.9 Å². The van der Waals surface area contributed by atoms with Crippen LogP contribution >= 0.6 is 0 Å². The van der Waals surface area contributed by atoms with Crippen LogP contribution in [0.15, 0.2) is 53.7 Å². The van der Waals surface area contributed by atoms with Crippen molar-refractivity contribution < 1.29 is 22.7 Å². The highest BCUT2D eigenvalue weighted by molar-refractivity contribution is 5.91. The number of hydrogen-bond acceptors (Lipinski definition) is 4. The van der Waals surface area contributed by atoms with E-state index < -0.39 is 24.0 Å². The fourth-order valence-electron chi connectivity index (χ4n) is 2.71. The molecule has 0 aliphatic carbocycles. The minimum atomic E-state index is -4.92. The van der Waals surface area contributed by atoms with Crippen molar-refractivity contribution in [1.82, 2.24) is 9.97 Å². The lowest BCUT2D eigenvalue weighted by Crippen LogP contribution is -2.47. The van der Waals surface area contributed by atoms with Crippen LogP contribution in [0.25, 0.3) is 10.9 Å². The quantitative estimate of drug-likeness (QED) is 0.506. The monoisotopic (exact) mass is 391 g/mol. The maximum absolute atomic E-state index is 13.9. The summed E-state index contributed by atoms with van der Waals surface area (Å²) in [4.78, 5) is 11.7. The van der Waals surface area contributed by atoms with Gasteiger partial charge in [0.15, 0.2) is 5.60 Å². The van der Waals surface area contributed by atoms with Gasteiger partial charge < -0.3 is 5.11 Å². The Balaban J connectivity index is 1.94. The molecule has 8 heteroatoms. The molecular formula is C20H17F4N3O. The van der Waals surface area contributed by atoms with E-state index >= 15 is 0 Å². The Morgan fingerprint density at radius 1 is 1.11 bits per heavy atom. The van der Waals surface area contributed by atoms with E-state index in [0.29, 0.717) is 17.6 Å². The van der Waals surface area contributed by atoms with Crippen molar-refractivity contribution in [2.75, 3.05) is 0 Å². The second-order valence-electron chi connectivity index (χ2n) is 6.41. The summed E-state index contributed by atoms with van der Waals surface area (Å²) < 4.78 is 54.5. The molecule has 0 amide bonds. The standard InChI is InChI=1S/C20H17F4N3O/c1-13-25-11-15-17(8-7-16(21)18(15)27-13)26-12-19(28,20(22,23)24)10-9-14-5-3-2-4-6-14/h2-8,11-12,28H,9-10H2,1H3/b26-12-. The SMILES string of the molecule is Cc1ncc2c(/N=C\C(O)(CCc3ccccc3)C(F)(F)F)ccc(F)c2n1. The van der Waals surface area contributed by atoms with Crippen molar-refractivity contribution in [2.24, 2.45) is 4.99 Å². The van der Waals surface area contributed by atoms with Crippen LogP contribution in [0.5, 0.6) is 0 Å². The molecule has 3 aromatic rings. The number of halogens is 4. The summed E-state index contributed by atoms with van der Waals surface area (Å²) >= 11 is 0. The van der Waals surface area contributed by atoms with Gasteiger partial charge in [-0.25, -0.2) is 14.4 Å². The minimum absolute atomic E-state index is 0.00927. The van der Waals surface area contributed by atoms with Gasteiger partial charge in [0.2, 0.25) is 0 Å². The van der Waals surface area contributed by atoms with E-state index in [1.807, 2.05) is 0 Å². The molecule has 0 aliphatic rings. The first-order valence-corrected chi connectivity index (χ1v) is 8.50. The first-order valence-electron chi connectivity index (χ1n) is 8.50. The van der Waals surface area contributed by atoms with Gasteiger partial charge in [0.1, 0.15) is 17.2 Å². The molecule has 0 saturated heterocycles. The topological polar surface area (TPSA) is 58.4 Å². The highest BCUT2D eigenvalue weighted by atomic mass is 19.4. The zero-order valence-electron chi connectivity index (χ0n) is 14.9. The number of aromatic nitrogens is 2. The molecule has 3 rings (SSSR count). The summed E-state index contributed by atoms with van der Waals surface area (Å²) in [5.41, 5.74) is -2.47. The van der Waals surface area contributed by atoms with E-state index in [-0.39, 0.29) is 23.0 Å². The number of aryl methyl sites for hydroxylation is 2. The zero-order valence-corrected chi connectivity index (χ0v) is 14.9. The van der Waals surface area contributed by atoms with Gasteiger partial charge in [-0.3, -0.25) is 4.99 Å². The molecule has 1 aromatic heterocycles. The first kappa shape index (κ1) is 19.9. The lowest BCUT2D eigenvalue weighted by Gasteiger charge is -2.26. The zero-order chi connectivity index (χ0) is 20.4. The molecule has 0 bridgehead atoms. The van der Waals surface area contributed by atoms with Gasteiger partial charge in [-0.15, -0.1) is 0 Å². The van der Waals surface area contributed by atoms with E-state index in [4.69, 9.17) is 0 Å². The molecule has 0 spiro atoms. The summed E-state index contributed by atoms with van der Waals surface area (Å²) in [5.74, 6) is -0.309. The van der Waals surface area contributed by atoms with Crippen LogP contribution < -0.4 is 0 Å². The smallest absolute Gasteiger partial charge is 0.376 e. The third kappa shape index (κ3) is 4.17. The van der Waals surface area contributed by atoms with E-state index in [9.17, 15) is 22.7 Å². The third-order valence-corrected chi connectivity index (χ3v) is 4.34. The van der Waals surface area contributed by atoms with Gasteiger partial charge in [-0.2, -0.15) is 13.2 Å². The maximum Gasteiger partial charge on any atom is 0.422 e. The van der Waals surface area contributed by atoms with Crippen LogP contribution in [0.3, 0.4) is 0 Å². The maximum atomic E-state index is 13.9. The highest BCUT2D eigenvalue weighted by Gasteiger charge is 2.52. The van der Waals surface area contributed by atoms with Crippen LogP contribution in [-0.4, -0.2) is 33.1 Å². The fraction of sp³-hybridized carbons (Fsp3) is 0.250. The molecular weight excluding hydrogens is 374 g/mol. The van der Waals surface area contributed by atoms with Crippen molar-refractivity contribution in [3.8, 4) is 0 Å². The molecule has 1 N–H and O–H groups in total. The number of benzene rings is 2. The van der Waals surface area contributed by atoms with Crippen molar-refractivity contribution in [1.29, 1.82) is 0 Å². The van der Waals surface area contributed by atoms with Gasteiger partial charge >= 0.3 is 6.18 Å². The summed E-state index contributed by atoms with van der Waals surface area (Å²) in [6.45, 7) is 1.57. The van der Waals surface area contributed by atoms with Gasteiger partial charge in [0, 0.05) is 17.8 Å². The second kappa shape index (κ2) is 7.63. The number of alkyl halides is 3. The van der Waals surface area contributed by atoms with Crippen LogP contribution in [0.4, 0.5) is 23.2 Å². The Morgan fingerprint density at radius 3 is 2.50 bits per heavy atom. The van der Waals surface area contributed by atoms with Gasteiger partial charge in [0.25, 0.3) is 0 Å². The number of fused-ring (bicyclic) bond motifs is 1. The molecule has 146 valence electrons. The molecule has 0 saturated carbocycles. The number of nitrogens with zero attached hydrogens (tertiary/aromatic N) is 3. The van der Waals surface area contributed by atoms with Gasteiger partial charge in [-0.1, -0.05) is 30.3 Å². The van der Waals surface area contributed by atoms with E-state index in [1.165, 1.54) is 12.3 Å². The summed E-state index contributed by atoms with van der Waals surface area (Å²) in [5, 5.41) is 10.4. The van der Waals surface area contributed by atoms with Crippen LogP contribution in [0, 0.1) is 12.7 Å². The predicted octanol–water partition coefficient (Wildman–Crippen LogP) is 4.71. The Bertz CT molecular complexity index is 1010. The Kier molecular flexibility index (Phi) is 5.42. The van der Waals surface area contributed by atoms with E-state index in [2.05, 4.69) is 15.0 Å². The number of rotatable bonds is 5. The van der Waals surface area contributed by atoms with Crippen molar-refractivity contribution >= 4 is 22.8 Å². The highest BCUT2D eigenvalue weighted by Crippen LogP contribution is 2.34. The molecule has 1 heterocycles. The summed E-state index contributed by atoms with van der Waals surface area (Å²) in [7, 11) is 0. The molecule has 4 nitrogen and oxygen atoms in total. The van der Waals surface area contributed by atoms with Gasteiger partial charge in [-0.05, 0) is 37.5 Å². The normalized spacial score (nSPS) is 14.5. The first-order chi connectivity index (χ1) is 13.2. The van der Waals surface area contributed by atoms with Crippen LogP contribution in [-0.2, 0) is 6.42 Å². The minimum Gasteiger partial charge on any atom is -0.376 e. The van der Waals surface area contributed by atoms with E-state index in [1.54, 1.807) is 37.3 Å². The largest absolute Gasteiger partial charge is 0.422 e. The van der Waals surface area contributed by atoms with Crippen LogP contribution in [0.1, 0.15) is 17.8 Å². The molecule has 2 aromatic carbocycles. The number of aliphatic hydroxyl groups is 1. The average molecular weight is 391 g/mol. The summed E-state index contributed by atoms with van der Waals surface area (Å²) in [6, 6.07) is 10.8. The molecule has 28 heavy (non-hydrogen) atoms.